The van der Waals surface area contributed by atoms with Crippen molar-refractivity contribution in [1.82, 2.24) is 15.1 Å². The second-order valence-electron chi connectivity index (χ2n) is 5.27. The zero-order valence-corrected chi connectivity index (χ0v) is 14.5. The molecule has 1 aromatic heterocycles. The van der Waals surface area contributed by atoms with E-state index in [1.165, 1.54) is 11.6 Å². The molecule has 1 aromatic carbocycles. The average Bonchev–Trinajstić information content (AvgIpc) is 2.67. The van der Waals surface area contributed by atoms with Gasteiger partial charge in [0, 0.05) is 21.8 Å². The summed E-state index contributed by atoms with van der Waals surface area (Å²) in [5, 5.41) is 7.94. The normalized spacial score (nSPS) is 12.7. The number of aryl methyl sites for hydroxylation is 1. The summed E-state index contributed by atoms with van der Waals surface area (Å²) < 4.78 is 16.2. The van der Waals surface area contributed by atoms with Crippen LogP contribution in [0.25, 0.3) is 0 Å². The lowest BCUT2D eigenvalue weighted by molar-refractivity contribution is 0.568. The molecule has 21 heavy (non-hydrogen) atoms. The van der Waals surface area contributed by atoms with Gasteiger partial charge < -0.3 is 5.32 Å². The minimum atomic E-state index is -0.234. The SMILES string of the molecule is CCC(NC)c1c(C)nn(Cc2cc(F)cc(Br)c2)c1C. The number of hydrogen-bond donors (Lipinski definition) is 1. The summed E-state index contributed by atoms with van der Waals surface area (Å²) in [6.45, 7) is 6.83. The van der Waals surface area contributed by atoms with E-state index in [1.807, 2.05) is 24.7 Å². The van der Waals surface area contributed by atoms with Crippen molar-refractivity contribution in [1.29, 1.82) is 0 Å². The van der Waals surface area contributed by atoms with Crippen molar-refractivity contribution in [3.05, 3.63) is 51.0 Å². The largest absolute Gasteiger partial charge is 0.313 e. The zero-order chi connectivity index (χ0) is 15.6. The van der Waals surface area contributed by atoms with Gasteiger partial charge >= 0.3 is 0 Å². The van der Waals surface area contributed by atoms with E-state index in [9.17, 15) is 4.39 Å². The van der Waals surface area contributed by atoms with Gasteiger partial charge in [-0.15, -0.1) is 0 Å². The second kappa shape index (κ2) is 6.71. The summed E-state index contributed by atoms with van der Waals surface area (Å²) in [5.41, 5.74) is 4.31. The molecule has 0 saturated heterocycles. The van der Waals surface area contributed by atoms with Gasteiger partial charge in [0.2, 0.25) is 0 Å². The Bertz CT molecular complexity index is 612. The molecule has 0 bridgehead atoms. The molecule has 1 atom stereocenters. The molecule has 0 radical (unpaired) electrons. The Hall–Kier alpha value is -1.20. The molecular formula is C16H21BrFN3. The van der Waals surface area contributed by atoms with E-state index in [0.29, 0.717) is 12.6 Å². The summed E-state index contributed by atoms with van der Waals surface area (Å²) in [5.74, 6) is -0.234. The lowest BCUT2D eigenvalue weighted by Gasteiger charge is -2.15. The highest BCUT2D eigenvalue weighted by atomic mass is 79.9. The molecule has 2 aromatic rings. The van der Waals surface area contributed by atoms with Gasteiger partial charge in [0.25, 0.3) is 0 Å². The van der Waals surface area contributed by atoms with Gasteiger partial charge in [-0.1, -0.05) is 22.9 Å². The molecule has 0 aliphatic heterocycles. The van der Waals surface area contributed by atoms with Crippen LogP contribution in [-0.4, -0.2) is 16.8 Å². The molecule has 0 aliphatic carbocycles. The Balaban J connectivity index is 2.35. The van der Waals surface area contributed by atoms with Crippen LogP contribution in [0.4, 0.5) is 4.39 Å². The number of halogens is 2. The quantitative estimate of drug-likeness (QED) is 0.875. The first-order chi connectivity index (χ1) is 9.96. The highest BCUT2D eigenvalue weighted by Crippen LogP contribution is 2.25. The third-order valence-electron chi connectivity index (χ3n) is 3.80. The van der Waals surface area contributed by atoms with E-state index in [0.717, 1.165) is 27.8 Å². The van der Waals surface area contributed by atoms with Gasteiger partial charge in [0.15, 0.2) is 0 Å². The Morgan fingerprint density at radius 3 is 2.62 bits per heavy atom. The van der Waals surface area contributed by atoms with E-state index >= 15 is 0 Å². The van der Waals surface area contributed by atoms with Crippen molar-refractivity contribution in [2.75, 3.05) is 7.05 Å². The van der Waals surface area contributed by atoms with E-state index in [-0.39, 0.29) is 5.82 Å². The fourth-order valence-corrected chi connectivity index (χ4v) is 3.31. The maximum Gasteiger partial charge on any atom is 0.124 e. The summed E-state index contributed by atoms with van der Waals surface area (Å²) in [4.78, 5) is 0. The summed E-state index contributed by atoms with van der Waals surface area (Å²) in [7, 11) is 1.97. The molecule has 114 valence electrons. The summed E-state index contributed by atoms with van der Waals surface area (Å²) in [6.07, 6.45) is 1.01. The number of hydrogen-bond acceptors (Lipinski definition) is 2. The molecule has 1 N–H and O–H groups in total. The number of aromatic nitrogens is 2. The molecule has 1 heterocycles. The molecular weight excluding hydrogens is 333 g/mol. The van der Waals surface area contributed by atoms with Crippen molar-refractivity contribution >= 4 is 15.9 Å². The van der Waals surface area contributed by atoms with Gasteiger partial charge in [0.1, 0.15) is 5.82 Å². The van der Waals surface area contributed by atoms with Crippen LogP contribution in [0.5, 0.6) is 0 Å². The van der Waals surface area contributed by atoms with Crippen molar-refractivity contribution in [2.24, 2.45) is 0 Å². The van der Waals surface area contributed by atoms with Crippen LogP contribution in [0.1, 0.15) is 41.9 Å². The maximum absolute atomic E-state index is 13.5. The molecule has 3 nitrogen and oxygen atoms in total. The van der Waals surface area contributed by atoms with Crippen molar-refractivity contribution < 1.29 is 4.39 Å². The third kappa shape index (κ3) is 3.52. The third-order valence-corrected chi connectivity index (χ3v) is 4.26. The lowest BCUT2D eigenvalue weighted by Crippen LogP contribution is -2.17. The highest BCUT2D eigenvalue weighted by molar-refractivity contribution is 9.10. The molecule has 0 aliphatic rings. The molecule has 5 heteroatoms. The zero-order valence-electron chi connectivity index (χ0n) is 12.9. The first-order valence-electron chi connectivity index (χ1n) is 7.12. The average molecular weight is 354 g/mol. The van der Waals surface area contributed by atoms with E-state index in [2.05, 4.69) is 40.2 Å². The maximum atomic E-state index is 13.5. The Kier molecular flexibility index (Phi) is 5.17. The molecule has 1 unspecified atom stereocenters. The van der Waals surface area contributed by atoms with E-state index in [1.54, 1.807) is 6.07 Å². The van der Waals surface area contributed by atoms with Gasteiger partial charge in [-0.05, 0) is 51.1 Å². The molecule has 0 spiro atoms. The van der Waals surface area contributed by atoms with Crippen molar-refractivity contribution in [3.63, 3.8) is 0 Å². The van der Waals surface area contributed by atoms with Gasteiger partial charge in [-0.3, -0.25) is 4.68 Å². The van der Waals surface area contributed by atoms with Crippen LogP contribution < -0.4 is 5.32 Å². The molecule has 2 rings (SSSR count). The van der Waals surface area contributed by atoms with Gasteiger partial charge in [-0.2, -0.15) is 5.10 Å². The molecule has 0 amide bonds. The van der Waals surface area contributed by atoms with Gasteiger partial charge in [-0.25, -0.2) is 4.39 Å². The standard InChI is InChI=1S/C16H21BrFN3/c1-5-15(19-4)16-10(2)20-21(11(16)3)9-12-6-13(17)8-14(18)7-12/h6-8,15,19H,5,9H2,1-4H3. The minimum absolute atomic E-state index is 0.234. The Morgan fingerprint density at radius 2 is 2.05 bits per heavy atom. The van der Waals surface area contributed by atoms with Gasteiger partial charge in [0.05, 0.1) is 12.2 Å². The molecule has 0 saturated carbocycles. The smallest absolute Gasteiger partial charge is 0.124 e. The Morgan fingerprint density at radius 1 is 1.33 bits per heavy atom. The fraction of sp³-hybridized carbons (Fsp3) is 0.438. The van der Waals surface area contributed by atoms with Crippen LogP contribution in [0, 0.1) is 19.7 Å². The van der Waals surface area contributed by atoms with E-state index in [4.69, 9.17) is 0 Å². The number of benzene rings is 1. The number of rotatable bonds is 5. The second-order valence-corrected chi connectivity index (χ2v) is 6.19. The Labute approximate surface area is 133 Å². The minimum Gasteiger partial charge on any atom is -0.313 e. The predicted molar refractivity (Wildman–Crippen MR) is 87.0 cm³/mol. The number of nitrogens with zero attached hydrogens (tertiary/aromatic N) is 2. The number of nitrogens with one attached hydrogen (secondary N) is 1. The van der Waals surface area contributed by atoms with Crippen molar-refractivity contribution in [2.45, 2.75) is 39.8 Å². The van der Waals surface area contributed by atoms with Crippen LogP contribution in [-0.2, 0) is 6.54 Å². The van der Waals surface area contributed by atoms with Crippen molar-refractivity contribution in [3.8, 4) is 0 Å². The summed E-state index contributed by atoms with van der Waals surface area (Å²) in [6, 6.07) is 5.24. The first kappa shape index (κ1) is 16.2. The van der Waals surface area contributed by atoms with E-state index < -0.39 is 0 Å². The fourth-order valence-electron chi connectivity index (χ4n) is 2.80. The predicted octanol–water partition coefficient (Wildman–Crippen LogP) is 4.12. The topological polar surface area (TPSA) is 29.9 Å². The van der Waals surface area contributed by atoms with Crippen LogP contribution >= 0.6 is 15.9 Å². The highest BCUT2D eigenvalue weighted by Gasteiger charge is 2.18. The summed E-state index contributed by atoms with van der Waals surface area (Å²) >= 11 is 3.33. The first-order valence-corrected chi connectivity index (χ1v) is 7.91. The van der Waals surface area contributed by atoms with Crippen LogP contribution in [0.3, 0.4) is 0 Å². The lowest BCUT2D eigenvalue weighted by atomic mass is 10.0. The van der Waals surface area contributed by atoms with Crippen LogP contribution in [0.15, 0.2) is 22.7 Å². The molecule has 0 fully saturated rings. The van der Waals surface area contributed by atoms with Crippen LogP contribution in [0.2, 0.25) is 0 Å². The monoisotopic (exact) mass is 353 g/mol.